The summed E-state index contributed by atoms with van der Waals surface area (Å²) >= 11 is 1.47. The van der Waals surface area contributed by atoms with E-state index in [1.54, 1.807) is 6.20 Å². The Bertz CT molecular complexity index is 527. The van der Waals surface area contributed by atoms with Gasteiger partial charge in [0.2, 0.25) is 11.9 Å². The molecule has 0 radical (unpaired) electrons. The van der Waals surface area contributed by atoms with Crippen LogP contribution in [0.2, 0.25) is 0 Å². The Morgan fingerprint density at radius 2 is 2.33 bits per heavy atom. The van der Waals surface area contributed by atoms with Crippen molar-refractivity contribution in [2.45, 2.75) is 12.2 Å². The van der Waals surface area contributed by atoms with Gasteiger partial charge < -0.3 is 0 Å². The maximum atomic E-state index is 11.6. The Labute approximate surface area is 109 Å². The molecule has 0 fully saturated rings. The highest BCUT2D eigenvalue weighted by atomic mass is 32.2. The van der Waals surface area contributed by atoms with E-state index >= 15 is 0 Å². The molecule has 0 aromatic carbocycles. The number of amides is 1. The molecular weight excluding hydrogens is 250 g/mol. The van der Waals surface area contributed by atoms with E-state index < -0.39 is 0 Å². The molecule has 0 saturated heterocycles. The zero-order chi connectivity index (χ0) is 13.0. The minimum atomic E-state index is -0.137. The van der Waals surface area contributed by atoms with Crippen molar-refractivity contribution in [1.29, 1.82) is 0 Å². The third-order valence-electron chi connectivity index (χ3n) is 2.35. The van der Waals surface area contributed by atoms with E-state index in [0.29, 0.717) is 11.5 Å². The fourth-order valence-electron chi connectivity index (χ4n) is 1.25. The van der Waals surface area contributed by atoms with Gasteiger partial charge in [-0.15, -0.1) is 5.10 Å². The number of H-pyrrole nitrogens is 1. The molecule has 6 nitrogen and oxygen atoms in total. The van der Waals surface area contributed by atoms with Crippen LogP contribution in [-0.4, -0.2) is 37.6 Å². The number of hydrogen-bond acceptors (Lipinski definition) is 5. The Balaban J connectivity index is 2.10. The van der Waals surface area contributed by atoms with Crippen LogP contribution in [-0.2, 0) is 4.79 Å². The first-order valence-corrected chi connectivity index (χ1v) is 6.67. The average molecular weight is 263 g/mol. The molecule has 1 atom stereocenters. The second-order valence-corrected chi connectivity index (χ2v) is 4.77. The molecule has 0 bridgehead atoms. The molecule has 18 heavy (non-hydrogen) atoms. The van der Waals surface area contributed by atoms with Gasteiger partial charge in [-0.05, 0) is 25.3 Å². The largest absolute Gasteiger partial charge is 0.292 e. The predicted molar refractivity (Wildman–Crippen MR) is 71.2 cm³/mol. The van der Waals surface area contributed by atoms with Gasteiger partial charge in [0.05, 0.1) is 5.25 Å². The van der Waals surface area contributed by atoms with Crippen LogP contribution in [0.4, 0.5) is 5.95 Å². The van der Waals surface area contributed by atoms with Crippen molar-refractivity contribution in [1.82, 2.24) is 20.2 Å². The molecular formula is C11H13N5OS. The van der Waals surface area contributed by atoms with Crippen molar-refractivity contribution < 1.29 is 4.79 Å². The maximum absolute atomic E-state index is 11.6. The minimum absolute atomic E-state index is 0.117. The van der Waals surface area contributed by atoms with Gasteiger partial charge >= 0.3 is 0 Å². The summed E-state index contributed by atoms with van der Waals surface area (Å²) in [6.45, 7) is 1.83. The summed E-state index contributed by atoms with van der Waals surface area (Å²) in [5, 5.41) is 9.18. The molecule has 94 valence electrons. The minimum Gasteiger partial charge on any atom is -0.292 e. The Morgan fingerprint density at radius 1 is 1.50 bits per heavy atom. The molecule has 0 unspecified atom stereocenters. The fraction of sp³-hybridized carbons (Fsp3) is 0.273. The number of hydrogen-bond donors (Lipinski definition) is 2. The molecule has 1 amide bonds. The molecule has 0 aliphatic rings. The van der Waals surface area contributed by atoms with E-state index in [2.05, 4.69) is 25.5 Å². The number of aromatic nitrogens is 4. The molecule has 0 saturated carbocycles. The summed E-state index contributed by atoms with van der Waals surface area (Å²) in [5.74, 6) is 0.679. The van der Waals surface area contributed by atoms with Crippen molar-refractivity contribution in [3.8, 4) is 11.5 Å². The molecule has 0 aliphatic carbocycles. The van der Waals surface area contributed by atoms with Crippen LogP contribution in [0.5, 0.6) is 0 Å². The molecule has 2 aromatic heterocycles. The topological polar surface area (TPSA) is 83.6 Å². The standard InChI is InChI=1S/C11H13N5OS/c1-7(18-2)10(17)14-11-13-9(15-16-11)8-5-3-4-6-12-8/h3-7H,1-2H3,(H2,13,14,15,16,17)/t7-/m1/s1. The van der Waals surface area contributed by atoms with Gasteiger partial charge in [-0.25, -0.2) is 0 Å². The van der Waals surface area contributed by atoms with E-state index in [1.165, 1.54) is 11.8 Å². The van der Waals surface area contributed by atoms with E-state index in [-0.39, 0.29) is 17.1 Å². The van der Waals surface area contributed by atoms with Crippen molar-refractivity contribution in [2.75, 3.05) is 11.6 Å². The lowest BCUT2D eigenvalue weighted by Gasteiger charge is -2.05. The number of anilines is 1. The Morgan fingerprint density at radius 3 is 3.00 bits per heavy atom. The molecule has 2 N–H and O–H groups in total. The molecule has 2 heterocycles. The lowest BCUT2D eigenvalue weighted by Crippen LogP contribution is -2.22. The lowest BCUT2D eigenvalue weighted by atomic mass is 10.3. The van der Waals surface area contributed by atoms with Crippen molar-refractivity contribution in [2.24, 2.45) is 0 Å². The quantitative estimate of drug-likeness (QED) is 0.874. The second-order valence-electron chi connectivity index (χ2n) is 3.59. The van der Waals surface area contributed by atoms with Gasteiger partial charge in [0.15, 0.2) is 5.82 Å². The van der Waals surface area contributed by atoms with Gasteiger partial charge in [0.25, 0.3) is 0 Å². The number of carbonyl (C=O) groups excluding carboxylic acids is 1. The SMILES string of the molecule is CS[C@H](C)C(=O)Nc1n[nH]c(-c2ccccn2)n1. The Kier molecular flexibility index (Phi) is 3.93. The first kappa shape index (κ1) is 12.6. The number of aromatic amines is 1. The van der Waals surface area contributed by atoms with E-state index in [9.17, 15) is 4.79 Å². The number of rotatable bonds is 4. The van der Waals surface area contributed by atoms with Gasteiger partial charge in [-0.3, -0.25) is 20.2 Å². The molecule has 0 aliphatic heterocycles. The molecule has 0 spiro atoms. The van der Waals surface area contributed by atoms with Crippen molar-refractivity contribution in [3.63, 3.8) is 0 Å². The van der Waals surface area contributed by atoms with Crippen LogP contribution >= 0.6 is 11.8 Å². The summed E-state index contributed by atoms with van der Waals surface area (Å²) in [7, 11) is 0. The number of nitrogens with zero attached hydrogens (tertiary/aromatic N) is 3. The van der Waals surface area contributed by atoms with Crippen LogP contribution in [0.25, 0.3) is 11.5 Å². The third-order valence-corrected chi connectivity index (χ3v) is 3.27. The van der Waals surface area contributed by atoms with Gasteiger partial charge in [0, 0.05) is 6.20 Å². The normalized spacial score (nSPS) is 12.1. The maximum Gasteiger partial charge on any atom is 0.249 e. The highest BCUT2D eigenvalue weighted by Crippen LogP contribution is 2.13. The summed E-state index contributed by atoms with van der Waals surface area (Å²) < 4.78 is 0. The summed E-state index contributed by atoms with van der Waals surface area (Å²) in [6, 6.07) is 5.50. The van der Waals surface area contributed by atoms with Crippen LogP contribution in [0.15, 0.2) is 24.4 Å². The third kappa shape index (κ3) is 2.86. The van der Waals surface area contributed by atoms with E-state index in [1.807, 2.05) is 31.4 Å². The van der Waals surface area contributed by atoms with Gasteiger partial charge in [-0.1, -0.05) is 6.07 Å². The van der Waals surface area contributed by atoms with Crippen molar-refractivity contribution >= 4 is 23.6 Å². The first-order valence-electron chi connectivity index (χ1n) is 5.38. The summed E-state index contributed by atoms with van der Waals surface area (Å²) in [5.41, 5.74) is 0.684. The number of pyridine rings is 1. The summed E-state index contributed by atoms with van der Waals surface area (Å²) in [4.78, 5) is 20.0. The molecule has 2 rings (SSSR count). The fourth-order valence-corrected chi connectivity index (χ4v) is 1.53. The van der Waals surface area contributed by atoms with Crippen LogP contribution < -0.4 is 5.32 Å². The van der Waals surface area contributed by atoms with Crippen molar-refractivity contribution in [3.05, 3.63) is 24.4 Å². The highest BCUT2D eigenvalue weighted by molar-refractivity contribution is 7.99. The smallest absolute Gasteiger partial charge is 0.249 e. The Hall–Kier alpha value is -1.89. The number of thioether (sulfide) groups is 1. The van der Waals surface area contributed by atoms with E-state index in [4.69, 9.17) is 0 Å². The van der Waals surface area contributed by atoms with Crippen LogP contribution in [0.3, 0.4) is 0 Å². The second kappa shape index (κ2) is 5.63. The van der Waals surface area contributed by atoms with Gasteiger partial charge in [-0.2, -0.15) is 16.7 Å². The monoisotopic (exact) mass is 263 g/mol. The predicted octanol–water partition coefficient (Wildman–Crippen LogP) is 1.56. The molecule has 7 heteroatoms. The van der Waals surface area contributed by atoms with E-state index in [0.717, 1.165) is 0 Å². The number of carbonyl (C=O) groups is 1. The summed E-state index contributed by atoms with van der Waals surface area (Å²) in [6.07, 6.45) is 3.55. The molecule has 2 aromatic rings. The van der Waals surface area contributed by atoms with Crippen LogP contribution in [0, 0.1) is 0 Å². The highest BCUT2D eigenvalue weighted by Gasteiger charge is 2.14. The number of nitrogens with one attached hydrogen (secondary N) is 2. The van der Waals surface area contributed by atoms with Gasteiger partial charge in [0.1, 0.15) is 5.69 Å². The lowest BCUT2D eigenvalue weighted by molar-refractivity contribution is -0.115. The average Bonchev–Trinajstić information content (AvgIpc) is 2.87. The van der Waals surface area contributed by atoms with Crippen LogP contribution in [0.1, 0.15) is 6.92 Å². The first-order chi connectivity index (χ1) is 8.70. The zero-order valence-corrected chi connectivity index (χ0v) is 10.9. The zero-order valence-electron chi connectivity index (χ0n) is 10.0.